The normalized spacial score (nSPS) is 17.4. The molecule has 0 aliphatic carbocycles. The zero-order valence-corrected chi connectivity index (χ0v) is 13.3. The fourth-order valence-corrected chi connectivity index (χ4v) is 2.87. The van der Waals surface area contributed by atoms with E-state index in [0.717, 1.165) is 24.6 Å². The second-order valence-electron chi connectivity index (χ2n) is 4.86. The second-order valence-corrected chi connectivity index (χ2v) is 5.92. The third-order valence-corrected chi connectivity index (χ3v) is 4.20. The number of urea groups is 1. The van der Waals surface area contributed by atoms with E-state index >= 15 is 0 Å². The Labute approximate surface area is 132 Å². The fourth-order valence-electron chi connectivity index (χ4n) is 2.04. The van der Waals surface area contributed by atoms with Crippen molar-refractivity contribution in [3.05, 3.63) is 0 Å². The van der Waals surface area contributed by atoms with E-state index in [1.165, 1.54) is 18.8 Å². The Bertz CT molecular complexity index is 503. The van der Waals surface area contributed by atoms with Gasteiger partial charge in [-0.05, 0) is 29.7 Å². The predicted octanol–water partition coefficient (Wildman–Crippen LogP) is 0.180. The second kappa shape index (κ2) is 8.69. The SMILES string of the molecule is CNC(=O)NC(=O)CCCSc1nnnn1CC1CCCO1. The molecule has 0 radical (unpaired) electrons. The topological polar surface area (TPSA) is 111 Å². The molecule has 1 fully saturated rings. The monoisotopic (exact) mass is 328 g/mol. The van der Waals surface area contributed by atoms with Crippen molar-refractivity contribution in [2.75, 3.05) is 19.4 Å². The first kappa shape index (κ1) is 16.7. The Hall–Kier alpha value is -1.68. The maximum absolute atomic E-state index is 11.4. The summed E-state index contributed by atoms with van der Waals surface area (Å²) >= 11 is 1.49. The molecular weight excluding hydrogens is 308 g/mol. The van der Waals surface area contributed by atoms with Crippen LogP contribution in [0.5, 0.6) is 0 Å². The van der Waals surface area contributed by atoms with Crippen LogP contribution in [0.2, 0.25) is 0 Å². The van der Waals surface area contributed by atoms with Crippen LogP contribution in [0.15, 0.2) is 5.16 Å². The van der Waals surface area contributed by atoms with Gasteiger partial charge in [0.05, 0.1) is 12.6 Å². The molecule has 2 rings (SSSR count). The number of carbonyl (C=O) groups is 2. The number of hydrogen-bond donors (Lipinski definition) is 2. The number of ether oxygens (including phenoxy) is 1. The minimum Gasteiger partial charge on any atom is -0.376 e. The zero-order chi connectivity index (χ0) is 15.8. The lowest BCUT2D eigenvalue weighted by Gasteiger charge is -2.09. The molecule has 3 amide bonds. The molecule has 0 spiro atoms. The maximum Gasteiger partial charge on any atom is 0.321 e. The zero-order valence-electron chi connectivity index (χ0n) is 12.4. The summed E-state index contributed by atoms with van der Waals surface area (Å²) in [4.78, 5) is 22.4. The number of nitrogens with zero attached hydrogens (tertiary/aromatic N) is 4. The Morgan fingerprint density at radius 3 is 3.09 bits per heavy atom. The van der Waals surface area contributed by atoms with Crippen LogP contribution in [0.25, 0.3) is 0 Å². The third-order valence-electron chi connectivity index (χ3n) is 3.16. The molecule has 2 heterocycles. The molecule has 2 N–H and O–H groups in total. The van der Waals surface area contributed by atoms with Crippen molar-refractivity contribution in [2.45, 2.75) is 43.5 Å². The molecule has 9 nitrogen and oxygen atoms in total. The standard InChI is InChI=1S/C12H20N6O3S/c1-13-11(20)14-10(19)5-3-7-22-12-15-16-17-18(12)8-9-4-2-6-21-9/h9H,2-8H2,1H3,(H2,13,14,19,20). The first-order valence-electron chi connectivity index (χ1n) is 7.21. The van der Waals surface area contributed by atoms with E-state index in [1.807, 2.05) is 0 Å². The van der Waals surface area contributed by atoms with Crippen LogP contribution in [-0.4, -0.2) is 57.7 Å². The molecule has 1 atom stereocenters. The summed E-state index contributed by atoms with van der Waals surface area (Å²) < 4.78 is 7.31. The molecule has 22 heavy (non-hydrogen) atoms. The highest BCUT2D eigenvalue weighted by Gasteiger charge is 2.18. The van der Waals surface area contributed by atoms with E-state index in [0.29, 0.717) is 18.7 Å². The predicted molar refractivity (Wildman–Crippen MR) is 79.3 cm³/mol. The summed E-state index contributed by atoms with van der Waals surface area (Å²) in [5.41, 5.74) is 0. The van der Waals surface area contributed by atoms with Crippen LogP contribution in [0.1, 0.15) is 25.7 Å². The summed E-state index contributed by atoms with van der Waals surface area (Å²) in [7, 11) is 1.46. The van der Waals surface area contributed by atoms with Crippen molar-refractivity contribution in [1.29, 1.82) is 0 Å². The summed E-state index contributed by atoms with van der Waals surface area (Å²) in [6.45, 7) is 1.46. The molecule has 1 aromatic heterocycles. The van der Waals surface area contributed by atoms with Crippen LogP contribution in [0.3, 0.4) is 0 Å². The fraction of sp³-hybridized carbons (Fsp3) is 0.750. The number of imide groups is 1. The molecular formula is C12H20N6O3S. The van der Waals surface area contributed by atoms with Gasteiger partial charge in [-0.3, -0.25) is 10.1 Å². The highest BCUT2D eigenvalue weighted by atomic mass is 32.2. The average Bonchev–Trinajstić information content (AvgIpc) is 3.16. The third kappa shape index (κ3) is 5.26. The number of nitrogens with one attached hydrogen (secondary N) is 2. The van der Waals surface area contributed by atoms with E-state index in [2.05, 4.69) is 26.2 Å². The summed E-state index contributed by atoms with van der Waals surface area (Å²) in [6, 6.07) is -0.488. The summed E-state index contributed by atoms with van der Waals surface area (Å²) in [6.07, 6.45) is 3.22. The molecule has 1 unspecified atom stereocenters. The van der Waals surface area contributed by atoms with Crippen molar-refractivity contribution in [1.82, 2.24) is 30.8 Å². The van der Waals surface area contributed by atoms with Gasteiger partial charge in [-0.25, -0.2) is 9.48 Å². The van der Waals surface area contributed by atoms with Crippen molar-refractivity contribution >= 4 is 23.7 Å². The first-order chi connectivity index (χ1) is 10.7. The number of aromatic nitrogens is 4. The van der Waals surface area contributed by atoms with Crippen LogP contribution in [0.4, 0.5) is 4.79 Å². The molecule has 0 aromatic carbocycles. The molecule has 0 bridgehead atoms. The van der Waals surface area contributed by atoms with Gasteiger partial charge < -0.3 is 10.1 Å². The van der Waals surface area contributed by atoms with Crippen molar-refractivity contribution in [3.8, 4) is 0 Å². The highest BCUT2D eigenvalue weighted by Crippen LogP contribution is 2.19. The van der Waals surface area contributed by atoms with E-state index in [1.54, 1.807) is 4.68 Å². The lowest BCUT2D eigenvalue weighted by molar-refractivity contribution is -0.120. The number of thioether (sulfide) groups is 1. The lowest BCUT2D eigenvalue weighted by Crippen LogP contribution is -2.37. The minimum atomic E-state index is -0.488. The van der Waals surface area contributed by atoms with E-state index in [9.17, 15) is 9.59 Å². The van der Waals surface area contributed by atoms with Crippen molar-refractivity contribution < 1.29 is 14.3 Å². The van der Waals surface area contributed by atoms with E-state index in [-0.39, 0.29) is 18.4 Å². The van der Waals surface area contributed by atoms with Gasteiger partial charge in [0.25, 0.3) is 0 Å². The van der Waals surface area contributed by atoms with Gasteiger partial charge in [0.2, 0.25) is 11.1 Å². The number of tetrazole rings is 1. The van der Waals surface area contributed by atoms with Crippen LogP contribution in [-0.2, 0) is 16.1 Å². The van der Waals surface area contributed by atoms with Crippen LogP contribution >= 0.6 is 11.8 Å². The Morgan fingerprint density at radius 2 is 2.36 bits per heavy atom. The van der Waals surface area contributed by atoms with Crippen LogP contribution in [0, 0.1) is 0 Å². The minimum absolute atomic E-state index is 0.182. The molecule has 1 saturated heterocycles. The van der Waals surface area contributed by atoms with Crippen molar-refractivity contribution in [2.24, 2.45) is 0 Å². The van der Waals surface area contributed by atoms with Gasteiger partial charge >= 0.3 is 6.03 Å². The van der Waals surface area contributed by atoms with Gasteiger partial charge in [0.15, 0.2) is 0 Å². The molecule has 10 heteroatoms. The van der Waals surface area contributed by atoms with Gasteiger partial charge in [-0.15, -0.1) is 5.10 Å². The largest absolute Gasteiger partial charge is 0.376 e. The maximum atomic E-state index is 11.4. The Balaban J connectivity index is 1.67. The van der Waals surface area contributed by atoms with Gasteiger partial charge in [-0.1, -0.05) is 11.8 Å². The Morgan fingerprint density at radius 1 is 1.50 bits per heavy atom. The quantitative estimate of drug-likeness (QED) is 0.542. The van der Waals surface area contributed by atoms with E-state index in [4.69, 9.17) is 4.74 Å². The Kier molecular flexibility index (Phi) is 6.59. The highest BCUT2D eigenvalue weighted by molar-refractivity contribution is 7.99. The van der Waals surface area contributed by atoms with Crippen LogP contribution < -0.4 is 10.6 Å². The summed E-state index contributed by atoms with van der Waals surface area (Å²) in [5, 5.41) is 16.9. The number of carbonyl (C=O) groups excluding carboxylic acids is 2. The molecule has 1 aliphatic rings. The molecule has 122 valence electrons. The van der Waals surface area contributed by atoms with Gasteiger partial charge in [-0.2, -0.15) is 0 Å². The van der Waals surface area contributed by atoms with Crippen molar-refractivity contribution in [3.63, 3.8) is 0 Å². The molecule has 1 aliphatic heterocycles. The van der Waals surface area contributed by atoms with E-state index < -0.39 is 6.03 Å². The number of rotatable bonds is 7. The average molecular weight is 328 g/mol. The van der Waals surface area contributed by atoms with Gasteiger partial charge in [0.1, 0.15) is 0 Å². The number of amides is 3. The lowest BCUT2D eigenvalue weighted by atomic mass is 10.2. The summed E-state index contributed by atoms with van der Waals surface area (Å²) in [5.74, 6) is 0.409. The first-order valence-corrected chi connectivity index (χ1v) is 8.19. The molecule has 0 saturated carbocycles. The smallest absolute Gasteiger partial charge is 0.321 e. The van der Waals surface area contributed by atoms with Gasteiger partial charge in [0, 0.05) is 25.8 Å². The molecule has 1 aromatic rings. The number of hydrogen-bond acceptors (Lipinski definition) is 7.